The molecule has 1 aromatic carbocycles. The third-order valence-electron chi connectivity index (χ3n) is 4.42. The van der Waals surface area contributed by atoms with Gasteiger partial charge in [0.1, 0.15) is 0 Å². The van der Waals surface area contributed by atoms with Gasteiger partial charge in [0.2, 0.25) is 0 Å². The maximum absolute atomic E-state index is 12.2. The average Bonchev–Trinajstić information content (AvgIpc) is 2.99. The number of carbonyl (C=O) groups is 1. The van der Waals surface area contributed by atoms with Gasteiger partial charge >= 0.3 is 6.03 Å². The lowest BCUT2D eigenvalue weighted by Gasteiger charge is -2.28. The molecule has 24 heavy (non-hydrogen) atoms. The van der Waals surface area contributed by atoms with Crippen LogP contribution in [-0.4, -0.2) is 15.8 Å². The van der Waals surface area contributed by atoms with Crippen LogP contribution in [0.2, 0.25) is 0 Å². The van der Waals surface area contributed by atoms with Crippen LogP contribution in [0.25, 0.3) is 0 Å². The fourth-order valence-electron chi connectivity index (χ4n) is 3.27. The summed E-state index contributed by atoms with van der Waals surface area (Å²) in [7, 11) is 0. The van der Waals surface area contributed by atoms with Crippen LogP contribution in [0.4, 0.5) is 4.79 Å². The maximum Gasteiger partial charge on any atom is 0.315 e. The Morgan fingerprint density at radius 1 is 1.29 bits per heavy atom. The summed E-state index contributed by atoms with van der Waals surface area (Å²) in [6, 6.07) is 9.85. The zero-order chi connectivity index (χ0) is 17.2. The van der Waals surface area contributed by atoms with Crippen molar-refractivity contribution in [3.05, 3.63) is 53.3 Å². The quantitative estimate of drug-likeness (QED) is 0.907. The molecular weight excluding hydrogens is 300 g/mol. The molecule has 5 heteroatoms. The SMILES string of the molecule is CC(C)(C)n1ncc2c1CCC[C@@H]2NC(=O)NCc1ccccc1. The lowest BCUT2D eigenvalue weighted by molar-refractivity contribution is 0.235. The summed E-state index contributed by atoms with van der Waals surface area (Å²) in [6.07, 6.45) is 4.97. The van der Waals surface area contributed by atoms with Crippen molar-refractivity contribution in [2.75, 3.05) is 0 Å². The van der Waals surface area contributed by atoms with E-state index in [-0.39, 0.29) is 17.6 Å². The average molecular weight is 326 g/mol. The minimum absolute atomic E-state index is 0.0367. The van der Waals surface area contributed by atoms with Crippen molar-refractivity contribution in [3.63, 3.8) is 0 Å². The molecule has 0 saturated carbocycles. The zero-order valence-corrected chi connectivity index (χ0v) is 14.7. The Labute approximate surface area is 143 Å². The monoisotopic (exact) mass is 326 g/mol. The topological polar surface area (TPSA) is 59.0 Å². The van der Waals surface area contributed by atoms with Gasteiger partial charge in [-0.2, -0.15) is 5.10 Å². The molecule has 0 saturated heterocycles. The highest BCUT2D eigenvalue weighted by atomic mass is 16.2. The molecule has 0 bridgehead atoms. The molecule has 1 atom stereocenters. The fraction of sp³-hybridized carbons (Fsp3) is 0.474. The summed E-state index contributed by atoms with van der Waals surface area (Å²) in [4.78, 5) is 12.2. The van der Waals surface area contributed by atoms with Gasteiger partial charge in [-0.15, -0.1) is 0 Å². The molecule has 2 aromatic rings. The second-order valence-electron chi connectivity index (χ2n) is 7.39. The van der Waals surface area contributed by atoms with Crippen LogP contribution >= 0.6 is 0 Å². The van der Waals surface area contributed by atoms with Crippen molar-refractivity contribution < 1.29 is 4.79 Å². The molecule has 1 aliphatic carbocycles. The van der Waals surface area contributed by atoms with Gasteiger partial charge in [0, 0.05) is 17.8 Å². The molecule has 0 fully saturated rings. The Morgan fingerprint density at radius 3 is 2.75 bits per heavy atom. The zero-order valence-electron chi connectivity index (χ0n) is 14.7. The number of benzene rings is 1. The van der Waals surface area contributed by atoms with Crippen LogP contribution in [-0.2, 0) is 18.5 Å². The number of aromatic nitrogens is 2. The Kier molecular flexibility index (Phi) is 4.60. The lowest BCUT2D eigenvalue weighted by atomic mass is 9.92. The van der Waals surface area contributed by atoms with E-state index in [4.69, 9.17) is 0 Å². The number of urea groups is 1. The number of amides is 2. The van der Waals surface area contributed by atoms with E-state index in [0.717, 1.165) is 30.4 Å². The van der Waals surface area contributed by atoms with Crippen molar-refractivity contribution in [1.82, 2.24) is 20.4 Å². The van der Waals surface area contributed by atoms with Crippen LogP contribution in [0.3, 0.4) is 0 Å². The van der Waals surface area contributed by atoms with Crippen LogP contribution in [0.1, 0.15) is 56.5 Å². The van der Waals surface area contributed by atoms with Crippen LogP contribution in [0.15, 0.2) is 36.5 Å². The van der Waals surface area contributed by atoms with Gasteiger partial charge in [0.25, 0.3) is 0 Å². The highest BCUT2D eigenvalue weighted by molar-refractivity contribution is 5.74. The number of hydrogen-bond acceptors (Lipinski definition) is 2. The number of rotatable bonds is 3. The minimum atomic E-state index is -0.125. The molecule has 2 amide bonds. The smallest absolute Gasteiger partial charge is 0.315 e. The van der Waals surface area contributed by atoms with Crippen LogP contribution < -0.4 is 10.6 Å². The summed E-state index contributed by atoms with van der Waals surface area (Å²) in [5, 5.41) is 10.6. The number of hydrogen-bond donors (Lipinski definition) is 2. The molecular formula is C19H26N4O. The Morgan fingerprint density at radius 2 is 2.04 bits per heavy atom. The van der Waals surface area contributed by atoms with Crippen LogP contribution in [0, 0.1) is 0 Å². The van der Waals surface area contributed by atoms with Crippen molar-refractivity contribution in [3.8, 4) is 0 Å². The fourth-order valence-corrected chi connectivity index (χ4v) is 3.27. The lowest BCUT2D eigenvalue weighted by Crippen LogP contribution is -2.39. The number of nitrogens with one attached hydrogen (secondary N) is 2. The molecule has 0 aliphatic heterocycles. The van der Waals surface area contributed by atoms with Crippen LogP contribution in [0.5, 0.6) is 0 Å². The van der Waals surface area contributed by atoms with Crippen molar-refractivity contribution in [1.29, 1.82) is 0 Å². The molecule has 1 aromatic heterocycles. The third-order valence-corrected chi connectivity index (χ3v) is 4.42. The van der Waals surface area contributed by atoms with Gasteiger partial charge in [-0.25, -0.2) is 4.79 Å². The van der Waals surface area contributed by atoms with E-state index in [0.29, 0.717) is 6.54 Å². The Balaban J connectivity index is 1.65. The van der Waals surface area contributed by atoms with E-state index in [1.54, 1.807) is 0 Å². The predicted molar refractivity (Wildman–Crippen MR) is 94.7 cm³/mol. The molecule has 2 N–H and O–H groups in total. The number of nitrogens with zero attached hydrogens (tertiary/aromatic N) is 2. The van der Waals surface area contributed by atoms with E-state index < -0.39 is 0 Å². The highest BCUT2D eigenvalue weighted by Crippen LogP contribution is 2.32. The van der Waals surface area contributed by atoms with Crippen molar-refractivity contribution in [2.45, 2.75) is 58.2 Å². The van der Waals surface area contributed by atoms with Gasteiger partial charge in [0.05, 0.1) is 17.8 Å². The first-order chi connectivity index (χ1) is 11.4. The largest absolute Gasteiger partial charge is 0.334 e. The first kappa shape index (κ1) is 16.6. The first-order valence-corrected chi connectivity index (χ1v) is 8.61. The molecule has 1 heterocycles. The van der Waals surface area contributed by atoms with E-state index in [1.165, 1.54) is 5.69 Å². The minimum Gasteiger partial charge on any atom is -0.334 e. The van der Waals surface area contributed by atoms with Gasteiger partial charge in [-0.05, 0) is 45.6 Å². The second-order valence-corrected chi connectivity index (χ2v) is 7.39. The summed E-state index contributed by atoms with van der Waals surface area (Å²) >= 11 is 0. The van der Waals surface area contributed by atoms with Gasteiger partial charge < -0.3 is 10.6 Å². The standard InChI is InChI=1S/C19H26N4O/c1-19(2,3)23-17-11-7-10-16(15(17)13-21-23)22-18(24)20-12-14-8-5-4-6-9-14/h4-6,8-9,13,16H,7,10-12H2,1-3H3,(H2,20,22,24)/t16-/m0/s1. The summed E-state index contributed by atoms with van der Waals surface area (Å²) in [5.74, 6) is 0. The van der Waals surface area contributed by atoms with E-state index >= 15 is 0 Å². The summed E-state index contributed by atoms with van der Waals surface area (Å²) < 4.78 is 2.10. The van der Waals surface area contributed by atoms with E-state index in [1.807, 2.05) is 36.5 Å². The number of carbonyl (C=O) groups excluding carboxylic acids is 1. The maximum atomic E-state index is 12.2. The molecule has 0 unspecified atom stereocenters. The summed E-state index contributed by atoms with van der Waals surface area (Å²) in [5.41, 5.74) is 3.47. The van der Waals surface area contributed by atoms with E-state index in [2.05, 4.69) is 41.2 Å². The first-order valence-electron chi connectivity index (χ1n) is 8.61. The molecule has 1 aliphatic rings. The molecule has 128 valence electrons. The van der Waals surface area contributed by atoms with E-state index in [9.17, 15) is 4.79 Å². The summed E-state index contributed by atoms with van der Waals surface area (Å²) in [6.45, 7) is 7.01. The van der Waals surface area contributed by atoms with Crippen molar-refractivity contribution >= 4 is 6.03 Å². The highest BCUT2D eigenvalue weighted by Gasteiger charge is 2.28. The number of fused-ring (bicyclic) bond motifs is 1. The normalized spacial score (nSPS) is 17.2. The van der Waals surface area contributed by atoms with Gasteiger partial charge in [-0.1, -0.05) is 30.3 Å². The molecule has 5 nitrogen and oxygen atoms in total. The second kappa shape index (κ2) is 6.67. The molecule has 0 spiro atoms. The third kappa shape index (κ3) is 3.61. The Hall–Kier alpha value is -2.30. The Bertz CT molecular complexity index is 700. The predicted octanol–water partition coefficient (Wildman–Crippen LogP) is 3.51. The molecule has 3 rings (SSSR count). The molecule has 0 radical (unpaired) electrons. The van der Waals surface area contributed by atoms with Gasteiger partial charge in [0.15, 0.2) is 0 Å². The van der Waals surface area contributed by atoms with Gasteiger partial charge in [-0.3, -0.25) is 4.68 Å². The van der Waals surface area contributed by atoms with Crippen molar-refractivity contribution in [2.24, 2.45) is 0 Å².